The van der Waals surface area contributed by atoms with E-state index < -0.39 is 15.0 Å². The number of benzene rings is 1. The van der Waals surface area contributed by atoms with Crippen molar-refractivity contribution in [1.29, 1.82) is 0 Å². The molecule has 1 aromatic rings. The van der Waals surface area contributed by atoms with Crippen molar-refractivity contribution in [2.24, 2.45) is 0 Å². The maximum Gasteiger partial charge on any atom is 0.336 e. The zero-order valence-corrected chi connectivity index (χ0v) is 11.6. The number of aromatic carboxylic acids is 1. The molecule has 16 heavy (non-hydrogen) atoms. The Balaban J connectivity index is 3.74. The highest BCUT2D eigenvalue weighted by Gasteiger charge is 2.21. The molecule has 0 aliphatic rings. The van der Waals surface area contributed by atoms with Crippen molar-refractivity contribution in [3.8, 4) is 0 Å². The molecule has 0 unspecified atom stereocenters. The van der Waals surface area contributed by atoms with E-state index in [-0.39, 0.29) is 10.5 Å². The molecule has 88 valence electrons. The third-order valence-electron chi connectivity index (χ3n) is 2.28. The summed E-state index contributed by atoms with van der Waals surface area (Å²) in [6.45, 7) is 3.23. The molecular weight excluding hydrogens is 320 g/mol. The second-order valence-electron chi connectivity index (χ2n) is 3.23. The van der Waals surface area contributed by atoms with E-state index in [9.17, 15) is 13.2 Å². The number of carboxylic acids is 1. The minimum absolute atomic E-state index is 0.0695. The molecular formula is C9H8BrClO4S. The third-order valence-corrected chi connectivity index (χ3v) is 4.91. The fourth-order valence-electron chi connectivity index (χ4n) is 1.25. The van der Waals surface area contributed by atoms with E-state index >= 15 is 0 Å². The first-order valence-electron chi connectivity index (χ1n) is 4.14. The minimum Gasteiger partial charge on any atom is -0.478 e. The summed E-state index contributed by atoms with van der Waals surface area (Å²) < 4.78 is 22.8. The van der Waals surface area contributed by atoms with E-state index in [1.165, 1.54) is 0 Å². The molecule has 0 radical (unpaired) electrons. The number of carbonyl (C=O) groups is 1. The van der Waals surface area contributed by atoms with Crippen molar-refractivity contribution in [3.63, 3.8) is 0 Å². The molecule has 0 heterocycles. The van der Waals surface area contributed by atoms with Gasteiger partial charge in [0.15, 0.2) is 0 Å². The molecule has 1 N–H and O–H groups in total. The number of hydrogen-bond donors (Lipinski definition) is 1. The van der Waals surface area contributed by atoms with Crippen LogP contribution in [0, 0.1) is 13.8 Å². The molecule has 0 amide bonds. The molecule has 0 aromatic heterocycles. The number of rotatable bonds is 2. The lowest BCUT2D eigenvalue weighted by Gasteiger charge is -2.10. The summed E-state index contributed by atoms with van der Waals surface area (Å²) in [6, 6.07) is 1.05. The predicted molar refractivity (Wildman–Crippen MR) is 63.6 cm³/mol. The van der Waals surface area contributed by atoms with Gasteiger partial charge in [-0.05, 0) is 47.0 Å². The van der Waals surface area contributed by atoms with Gasteiger partial charge < -0.3 is 5.11 Å². The Morgan fingerprint density at radius 2 is 1.88 bits per heavy atom. The summed E-state index contributed by atoms with van der Waals surface area (Å²) in [5, 5.41) is 8.92. The summed E-state index contributed by atoms with van der Waals surface area (Å²) in [5.41, 5.74) is 0.975. The fraction of sp³-hybridized carbons (Fsp3) is 0.222. The predicted octanol–water partition coefficient (Wildman–Crippen LogP) is 2.69. The van der Waals surface area contributed by atoms with Crippen LogP contribution in [0.3, 0.4) is 0 Å². The van der Waals surface area contributed by atoms with Gasteiger partial charge in [0.25, 0.3) is 9.05 Å². The van der Waals surface area contributed by atoms with Gasteiger partial charge in [-0.15, -0.1) is 0 Å². The van der Waals surface area contributed by atoms with Crippen LogP contribution in [0.15, 0.2) is 15.4 Å². The van der Waals surface area contributed by atoms with Crippen LogP contribution in [0.2, 0.25) is 0 Å². The lowest BCUT2D eigenvalue weighted by Crippen LogP contribution is -2.05. The van der Waals surface area contributed by atoms with Crippen molar-refractivity contribution in [1.82, 2.24) is 0 Å². The fourth-order valence-corrected chi connectivity index (χ4v) is 3.58. The van der Waals surface area contributed by atoms with Gasteiger partial charge >= 0.3 is 5.97 Å². The maximum atomic E-state index is 11.2. The average molecular weight is 328 g/mol. The van der Waals surface area contributed by atoms with Gasteiger partial charge in [-0.25, -0.2) is 13.2 Å². The van der Waals surface area contributed by atoms with Crippen LogP contribution in [-0.4, -0.2) is 19.5 Å². The standard InChI is InChI=1S/C9H8BrClO4S/c1-4-5(2)8(10)7(16(11,14)15)3-6(4)9(12)13/h3H,1-2H3,(H,12,13). The van der Waals surface area contributed by atoms with E-state index in [4.69, 9.17) is 15.8 Å². The second-order valence-corrected chi connectivity index (χ2v) is 6.56. The summed E-state index contributed by atoms with van der Waals surface area (Å²) in [5.74, 6) is -1.19. The quantitative estimate of drug-likeness (QED) is 0.848. The summed E-state index contributed by atoms with van der Waals surface area (Å²) in [6.07, 6.45) is 0. The molecule has 4 nitrogen and oxygen atoms in total. The highest BCUT2D eigenvalue weighted by Crippen LogP contribution is 2.32. The molecule has 0 aliphatic heterocycles. The van der Waals surface area contributed by atoms with Crippen molar-refractivity contribution in [2.75, 3.05) is 0 Å². The lowest BCUT2D eigenvalue weighted by molar-refractivity contribution is 0.0695. The summed E-state index contributed by atoms with van der Waals surface area (Å²) in [7, 11) is 1.25. The first kappa shape index (κ1) is 13.5. The molecule has 7 heteroatoms. The van der Waals surface area contributed by atoms with Crippen LogP contribution < -0.4 is 0 Å². The van der Waals surface area contributed by atoms with Gasteiger partial charge in [-0.3, -0.25) is 0 Å². The molecule has 1 rings (SSSR count). The van der Waals surface area contributed by atoms with Gasteiger partial charge in [0.05, 0.1) is 10.5 Å². The molecule has 0 saturated carbocycles. The van der Waals surface area contributed by atoms with Crippen molar-refractivity contribution in [2.45, 2.75) is 18.7 Å². The van der Waals surface area contributed by atoms with Crippen LogP contribution in [-0.2, 0) is 9.05 Å². The topological polar surface area (TPSA) is 71.4 Å². The van der Waals surface area contributed by atoms with E-state index in [0.717, 1.165) is 6.07 Å². The first-order chi connectivity index (χ1) is 7.16. The van der Waals surface area contributed by atoms with Gasteiger partial charge in [0.1, 0.15) is 0 Å². The maximum absolute atomic E-state index is 11.2. The number of hydrogen-bond acceptors (Lipinski definition) is 3. The van der Waals surface area contributed by atoms with Gasteiger partial charge in [-0.2, -0.15) is 0 Å². The van der Waals surface area contributed by atoms with Gasteiger partial charge in [-0.1, -0.05) is 0 Å². The molecule has 0 atom stereocenters. The lowest BCUT2D eigenvalue weighted by atomic mass is 10.0. The molecule has 0 spiro atoms. The van der Waals surface area contributed by atoms with Crippen molar-refractivity contribution < 1.29 is 18.3 Å². The van der Waals surface area contributed by atoms with Gasteiger partial charge in [0.2, 0.25) is 0 Å². The third kappa shape index (κ3) is 2.39. The van der Waals surface area contributed by atoms with E-state index in [2.05, 4.69) is 15.9 Å². The Labute approximate surface area is 106 Å². The van der Waals surface area contributed by atoms with E-state index in [1.807, 2.05) is 0 Å². The monoisotopic (exact) mass is 326 g/mol. The summed E-state index contributed by atoms with van der Waals surface area (Å²) in [4.78, 5) is 10.7. The smallest absolute Gasteiger partial charge is 0.336 e. The molecule has 0 aliphatic carbocycles. The van der Waals surface area contributed by atoms with Crippen LogP contribution in [0.5, 0.6) is 0 Å². The Morgan fingerprint density at radius 3 is 2.25 bits per heavy atom. The van der Waals surface area contributed by atoms with E-state index in [0.29, 0.717) is 15.6 Å². The van der Waals surface area contributed by atoms with Crippen molar-refractivity contribution >= 4 is 41.6 Å². The number of halogens is 2. The average Bonchev–Trinajstić information content (AvgIpc) is 2.11. The normalized spacial score (nSPS) is 11.5. The highest BCUT2D eigenvalue weighted by molar-refractivity contribution is 9.10. The van der Waals surface area contributed by atoms with Gasteiger partial charge in [0, 0.05) is 15.2 Å². The Kier molecular flexibility index (Phi) is 3.66. The molecule has 0 bridgehead atoms. The Hall–Kier alpha value is -0.590. The molecule has 1 aromatic carbocycles. The largest absolute Gasteiger partial charge is 0.478 e. The van der Waals surface area contributed by atoms with Crippen LogP contribution in [0.25, 0.3) is 0 Å². The molecule has 0 saturated heterocycles. The second kappa shape index (κ2) is 4.35. The minimum atomic E-state index is -3.97. The summed E-state index contributed by atoms with van der Waals surface area (Å²) >= 11 is 3.09. The SMILES string of the molecule is Cc1c(C(=O)O)cc(S(=O)(=O)Cl)c(Br)c1C. The highest BCUT2D eigenvalue weighted by atomic mass is 79.9. The zero-order chi connectivity index (χ0) is 12.7. The Bertz CT molecular complexity index is 565. The zero-order valence-electron chi connectivity index (χ0n) is 8.41. The first-order valence-corrected chi connectivity index (χ1v) is 7.24. The van der Waals surface area contributed by atoms with Crippen molar-refractivity contribution in [3.05, 3.63) is 27.2 Å². The van der Waals surface area contributed by atoms with Crippen LogP contribution in [0.1, 0.15) is 21.5 Å². The number of carboxylic acid groups (broad SMARTS) is 1. The van der Waals surface area contributed by atoms with E-state index in [1.54, 1.807) is 13.8 Å². The Morgan fingerprint density at radius 1 is 1.38 bits per heavy atom. The van der Waals surface area contributed by atoms with Crippen LogP contribution in [0.4, 0.5) is 0 Å². The molecule has 0 fully saturated rings. The van der Waals surface area contributed by atoms with Crippen LogP contribution >= 0.6 is 26.6 Å².